The number of ether oxygens (including phenoxy) is 1. The number of nitrogens with zero attached hydrogens (tertiary/aromatic N) is 4. The Morgan fingerprint density at radius 2 is 1.86 bits per heavy atom. The van der Waals surface area contributed by atoms with Crippen molar-refractivity contribution in [3.63, 3.8) is 0 Å². The van der Waals surface area contributed by atoms with Crippen LogP contribution in [0.5, 0.6) is 0 Å². The highest BCUT2D eigenvalue weighted by Gasteiger charge is 2.29. The second-order valence-corrected chi connectivity index (χ2v) is 9.26. The van der Waals surface area contributed by atoms with E-state index in [1.807, 2.05) is 27.0 Å². The maximum absolute atomic E-state index is 12.6. The number of rotatable bonds is 4. The van der Waals surface area contributed by atoms with Crippen LogP contribution >= 0.6 is 23.1 Å². The van der Waals surface area contributed by atoms with Gasteiger partial charge in [-0.1, -0.05) is 11.8 Å². The van der Waals surface area contributed by atoms with Crippen molar-refractivity contribution >= 4 is 35.0 Å². The lowest BCUT2D eigenvalue weighted by molar-refractivity contribution is 0.0205. The first-order valence-electron chi connectivity index (χ1n) is 9.11. The lowest BCUT2D eigenvalue weighted by Gasteiger charge is -2.32. The first kappa shape index (κ1) is 20.7. The number of likely N-dealkylation sites (tertiary alicyclic amines) is 1. The van der Waals surface area contributed by atoms with Gasteiger partial charge in [0.05, 0.1) is 10.6 Å². The van der Waals surface area contributed by atoms with E-state index in [1.165, 1.54) is 23.1 Å². The van der Waals surface area contributed by atoms with Crippen molar-refractivity contribution in [2.45, 2.75) is 50.3 Å². The van der Waals surface area contributed by atoms with E-state index in [0.29, 0.717) is 29.5 Å². The number of aromatic nitrogens is 3. The van der Waals surface area contributed by atoms with Gasteiger partial charge in [-0.3, -0.25) is 4.79 Å². The molecule has 2 aromatic heterocycles. The zero-order chi connectivity index (χ0) is 20.3. The minimum absolute atomic E-state index is 0.165. The van der Waals surface area contributed by atoms with E-state index in [-0.39, 0.29) is 17.8 Å². The third-order valence-electron chi connectivity index (χ3n) is 4.32. The first-order chi connectivity index (χ1) is 13.3. The fourth-order valence-electron chi connectivity index (χ4n) is 2.90. The molecule has 1 amide bonds. The molecule has 150 valence electrons. The zero-order valence-corrected chi connectivity index (χ0v) is 18.1. The Kier molecular flexibility index (Phi) is 6.34. The molecule has 7 nitrogen and oxygen atoms in total. The van der Waals surface area contributed by atoms with Gasteiger partial charge in [0.25, 0.3) is 0 Å². The van der Waals surface area contributed by atoms with Crippen molar-refractivity contribution in [1.82, 2.24) is 19.9 Å². The first-order valence-corrected chi connectivity index (χ1v) is 11.2. The average molecular weight is 421 g/mol. The Morgan fingerprint density at radius 3 is 2.43 bits per heavy atom. The molecule has 0 radical (unpaired) electrons. The second-order valence-electron chi connectivity index (χ2n) is 7.60. The van der Waals surface area contributed by atoms with Gasteiger partial charge in [-0.2, -0.15) is 0 Å². The Bertz CT molecular complexity index is 838. The fourth-order valence-corrected chi connectivity index (χ4v) is 4.19. The van der Waals surface area contributed by atoms with E-state index < -0.39 is 5.60 Å². The van der Waals surface area contributed by atoms with Crippen LogP contribution in [0.25, 0.3) is 0 Å². The van der Waals surface area contributed by atoms with E-state index in [4.69, 9.17) is 4.74 Å². The molecule has 0 atom stereocenters. The third-order valence-corrected chi connectivity index (χ3v) is 5.91. The number of hydrogen-bond acceptors (Lipinski definition) is 8. The molecule has 0 aromatic carbocycles. The minimum Gasteiger partial charge on any atom is -0.444 e. The third kappa shape index (κ3) is 5.08. The van der Waals surface area contributed by atoms with Gasteiger partial charge in [0.1, 0.15) is 11.3 Å². The highest BCUT2D eigenvalue weighted by atomic mass is 32.2. The van der Waals surface area contributed by atoms with Gasteiger partial charge in [0.15, 0.2) is 5.16 Å². The van der Waals surface area contributed by atoms with Crippen LogP contribution in [-0.4, -0.2) is 56.7 Å². The van der Waals surface area contributed by atoms with Crippen molar-refractivity contribution in [1.29, 1.82) is 0 Å². The number of hydrogen-bond donors (Lipinski definition) is 0. The molecule has 0 bridgehead atoms. The number of amides is 1. The van der Waals surface area contributed by atoms with E-state index >= 15 is 0 Å². The molecule has 3 rings (SSSR count). The summed E-state index contributed by atoms with van der Waals surface area (Å²) in [6, 6.07) is 0. The van der Waals surface area contributed by atoms with E-state index in [9.17, 15) is 9.59 Å². The van der Waals surface area contributed by atoms with E-state index in [2.05, 4.69) is 15.0 Å². The number of piperidine rings is 1. The van der Waals surface area contributed by atoms with Gasteiger partial charge >= 0.3 is 6.09 Å². The van der Waals surface area contributed by atoms with Crippen LogP contribution in [-0.2, 0) is 4.74 Å². The summed E-state index contributed by atoms with van der Waals surface area (Å²) in [6.07, 6.45) is 6.32. The largest absolute Gasteiger partial charge is 0.444 e. The Labute approximate surface area is 172 Å². The summed E-state index contributed by atoms with van der Waals surface area (Å²) < 4.78 is 5.44. The SMILES string of the molecule is CSc1ncc(C(=O)c2csc(C3CCN(C(=O)OC(C)(C)C)CC3)n2)cn1. The smallest absolute Gasteiger partial charge is 0.410 e. The summed E-state index contributed by atoms with van der Waals surface area (Å²) in [5, 5.41) is 3.36. The van der Waals surface area contributed by atoms with Gasteiger partial charge in [0, 0.05) is 36.8 Å². The van der Waals surface area contributed by atoms with Crippen LogP contribution in [0.2, 0.25) is 0 Å². The lowest BCUT2D eigenvalue weighted by Crippen LogP contribution is -2.41. The second kappa shape index (κ2) is 8.57. The fraction of sp³-hybridized carbons (Fsp3) is 0.526. The van der Waals surface area contributed by atoms with E-state index in [1.54, 1.807) is 22.7 Å². The molecule has 0 aliphatic carbocycles. The van der Waals surface area contributed by atoms with Crippen LogP contribution in [0.1, 0.15) is 60.6 Å². The van der Waals surface area contributed by atoms with Crippen LogP contribution in [0, 0.1) is 0 Å². The van der Waals surface area contributed by atoms with Crippen LogP contribution in [0.15, 0.2) is 22.9 Å². The van der Waals surface area contributed by atoms with Crippen molar-refractivity contribution in [3.05, 3.63) is 34.0 Å². The Balaban J connectivity index is 1.60. The summed E-state index contributed by atoms with van der Waals surface area (Å²) in [4.78, 5) is 39.4. The molecule has 1 aliphatic heterocycles. The van der Waals surface area contributed by atoms with Crippen molar-refractivity contribution in [3.8, 4) is 0 Å². The van der Waals surface area contributed by atoms with Gasteiger partial charge in [-0.15, -0.1) is 11.3 Å². The summed E-state index contributed by atoms with van der Waals surface area (Å²) in [7, 11) is 0. The highest BCUT2D eigenvalue weighted by molar-refractivity contribution is 7.98. The molecule has 28 heavy (non-hydrogen) atoms. The Hall–Kier alpha value is -2.00. The summed E-state index contributed by atoms with van der Waals surface area (Å²) >= 11 is 2.92. The standard InChI is InChI=1S/C19H24N4O3S2/c1-19(2,3)26-18(25)23-7-5-12(6-8-23)16-22-14(11-28-16)15(24)13-9-20-17(27-4)21-10-13/h9-12H,5-8H2,1-4H3. The number of thioether (sulfide) groups is 1. The summed E-state index contributed by atoms with van der Waals surface area (Å²) in [5.41, 5.74) is 0.375. The van der Waals surface area contributed by atoms with Gasteiger partial charge in [-0.25, -0.2) is 19.7 Å². The van der Waals surface area contributed by atoms with Crippen LogP contribution < -0.4 is 0 Å². The molecule has 0 N–H and O–H groups in total. The van der Waals surface area contributed by atoms with Gasteiger partial charge in [0.2, 0.25) is 5.78 Å². The maximum atomic E-state index is 12.6. The molecule has 3 heterocycles. The van der Waals surface area contributed by atoms with Crippen LogP contribution in [0.3, 0.4) is 0 Å². The molecular formula is C19H24N4O3S2. The van der Waals surface area contributed by atoms with Crippen molar-refractivity contribution < 1.29 is 14.3 Å². The topological polar surface area (TPSA) is 85.3 Å². The summed E-state index contributed by atoms with van der Waals surface area (Å²) in [5.74, 6) is 0.0849. The predicted octanol–water partition coefficient (Wildman–Crippen LogP) is 4.00. The molecule has 0 saturated carbocycles. The zero-order valence-electron chi connectivity index (χ0n) is 16.5. The number of carbonyl (C=O) groups excluding carboxylic acids is 2. The number of thiazole rings is 1. The molecular weight excluding hydrogens is 396 g/mol. The Morgan fingerprint density at radius 1 is 1.21 bits per heavy atom. The molecule has 2 aromatic rings. The molecule has 9 heteroatoms. The van der Waals surface area contributed by atoms with Gasteiger partial charge < -0.3 is 9.64 Å². The normalized spacial score (nSPS) is 15.5. The monoisotopic (exact) mass is 420 g/mol. The predicted molar refractivity (Wildman–Crippen MR) is 109 cm³/mol. The minimum atomic E-state index is -0.490. The maximum Gasteiger partial charge on any atom is 0.410 e. The van der Waals surface area contributed by atoms with Gasteiger partial charge in [-0.05, 0) is 39.9 Å². The van der Waals surface area contributed by atoms with Crippen molar-refractivity contribution in [2.24, 2.45) is 0 Å². The molecule has 0 spiro atoms. The summed E-state index contributed by atoms with van der Waals surface area (Å²) in [6.45, 7) is 6.86. The quantitative estimate of drug-likeness (QED) is 0.420. The number of ketones is 1. The van der Waals surface area contributed by atoms with Crippen molar-refractivity contribution in [2.75, 3.05) is 19.3 Å². The van der Waals surface area contributed by atoms with Crippen LogP contribution in [0.4, 0.5) is 4.79 Å². The lowest BCUT2D eigenvalue weighted by atomic mass is 9.98. The number of carbonyl (C=O) groups is 2. The van der Waals surface area contributed by atoms with E-state index in [0.717, 1.165) is 17.8 Å². The average Bonchev–Trinajstić information content (AvgIpc) is 3.16. The molecule has 1 fully saturated rings. The molecule has 1 saturated heterocycles. The highest BCUT2D eigenvalue weighted by Crippen LogP contribution is 2.31. The molecule has 1 aliphatic rings. The molecule has 0 unspecified atom stereocenters.